The number of esters is 1. The van der Waals surface area contributed by atoms with Crippen LogP contribution in [0.3, 0.4) is 0 Å². The van der Waals surface area contributed by atoms with Crippen LogP contribution in [0.5, 0.6) is 0 Å². The smallest absolute Gasteiger partial charge is 0.357 e. The van der Waals surface area contributed by atoms with Gasteiger partial charge in [-0.3, -0.25) is 0 Å². The van der Waals surface area contributed by atoms with Crippen molar-refractivity contribution in [2.45, 2.75) is 58.4 Å². The average Bonchev–Trinajstić information content (AvgIpc) is 3.70. The van der Waals surface area contributed by atoms with Gasteiger partial charge < -0.3 is 19.3 Å². The Bertz CT molecular complexity index is 1550. The van der Waals surface area contributed by atoms with Gasteiger partial charge >= 0.3 is 5.97 Å². The standard InChI is InChI=1S/C33H40N6O3/c1-5-42-33(40)28-20-27(23-11-12-29(34-21-23)37(4)24-13-17-41-18-14-24)30-31(22(2)3)36-39(32(30)35-28)26-10-8-9-25(19-26)38-15-6-7-16-38/h8-12,19-22,24H,5-7,13-18H2,1-4H3. The molecule has 220 valence electrons. The number of anilines is 2. The highest BCUT2D eigenvalue weighted by atomic mass is 16.5. The summed E-state index contributed by atoms with van der Waals surface area (Å²) in [5.41, 5.74) is 5.71. The van der Waals surface area contributed by atoms with E-state index in [1.165, 1.54) is 18.5 Å². The fourth-order valence-corrected chi connectivity index (χ4v) is 6.07. The highest BCUT2D eigenvalue weighted by Gasteiger charge is 2.25. The molecule has 2 saturated heterocycles. The Morgan fingerprint density at radius 1 is 1.10 bits per heavy atom. The van der Waals surface area contributed by atoms with Gasteiger partial charge in [0.15, 0.2) is 11.3 Å². The number of rotatable bonds is 8. The predicted molar refractivity (Wildman–Crippen MR) is 166 cm³/mol. The summed E-state index contributed by atoms with van der Waals surface area (Å²) in [6.07, 6.45) is 6.29. The van der Waals surface area contributed by atoms with Crippen molar-refractivity contribution in [1.29, 1.82) is 0 Å². The topological polar surface area (TPSA) is 85.6 Å². The van der Waals surface area contributed by atoms with Gasteiger partial charge in [0.1, 0.15) is 5.82 Å². The van der Waals surface area contributed by atoms with Gasteiger partial charge in [0, 0.05) is 56.8 Å². The van der Waals surface area contributed by atoms with Crippen LogP contribution in [-0.2, 0) is 9.47 Å². The number of nitrogens with zero attached hydrogens (tertiary/aromatic N) is 6. The van der Waals surface area contributed by atoms with Crippen molar-refractivity contribution in [2.24, 2.45) is 0 Å². The maximum Gasteiger partial charge on any atom is 0.357 e. The van der Waals surface area contributed by atoms with E-state index in [-0.39, 0.29) is 18.2 Å². The van der Waals surface area contributed by atoms with Crippen LogP contribution >= 0.6 is 0 Å². The third kappa shape index (κ3) is 5.45. The van der Waals surface area contributed by atoms with E-state index in [9.17, 15) is 4.79 Å². The van der Waals surface area contributed by atoms with Crippen LogP contribution in [-0.4, -0.2) is 71.7 Å². The highest BCUT2D eigenvalue weighted by Crippen LogP contribution is 2.36. The molecule has 9 nitrogen and oxygen atoms in total. The minimum atomic E-state index is -0.450. The van der Waals surface area contributed by atoms with E-state index in [1.807, 2.05) is 16.9 Å². The molecule has 3 aromatic heterocycles. The van der Waals surface area contributed by atoms with E-state index in [1.54, 1.807) is 6.92 Å². The van der Waals surface area contributed by atoms with Crippen molar-refractivity contribution in [1.82, 2.24) is 19.7 Å². The number of fused-ring (bicyclic) bond motifs is 1. The molecule has 0 spiro atoms. The molecule has 9 heteroatoms. The first-order valence-corrected chi connectivity index (χ1v) is 15.2. The number of carbonyl (C=O) groups excluding carboxylic acids is 1. The van der Waals surface area contributed by atoms with Crippen LogP contribution in [0, 0.1) is 0 Å². The molecule has 5 heterocycles. The molecule has 0 unspecified atom stereocenters. The molecule has 2 aliphatic heterocycles. The normalized spacial score (nSPS) is 16.0. The molecule has 2 fully saturated rings. The minimum Gasteiger partial charge on any atom is -0.461 e. The monoisotopic (exact) mass is 568 g/mol. The van der Waals surface area contributed by atoms with Crippen molar-refractivity contribution in [3.63, 3.8) is 0 Å². The number of hydrogen-bond acceptors (Lipinski definition) is 8. The van der Waals surface area contributed by atoms with Crippen LogP contribution in [0.1, 0.15) is 68.6 Å². The molecule has 0 aliphatic carbocycles. The molecule has 0 radical (unpaired) electrons. The number of benzene rings is 1. The van der Waals surface area contributed by atoms with Crippen molar-refractivity contribution >= 4 is 28.5 Å². The van der Waals surface area contributed by atoms with Gasteiger partial charge in [-0.2, -0.15) is 5.10 Å². The third-order valence-electron chi connectivity index (χ3n) is 8.40. The van der Waals surface area contributed by atoms with Crippen LogP contribution in [0.15, 0.2) is 48.7 Å². The van der Waals surface area contributed by atoms with E-state index in [0.29, 0.717) is 11.7 Å². The second-order valence-corrected chi connectivity index (χ2v) is 11.5. The minimum absolute atomic E-state index is 0.136. The number of carbonyl (C=O) groups is 1. The van der Waals surface area contributed by atoms with Gasteiger partial charge in [0.2, 0.25) is 0 Å². The van der Waals surface area contributed by atoms with Crippen molar-refractivity contribution in [2.75, 3.05) is 49.8 Å². The second-order valence-electron chi connectivity index (χ2n) is 11.5. The van der Waals surface area contributed by atoms with Gasteiger partial charge in [-0.1, -0.05) is 19.9 Å². The van der Waals surface area contributed by atoms with Crippen molar-refractivity contribution in [3.05, 3.63) is 60.0 Å². The summed E-state index contributed by atoms with van der Waals surface area (Å²) < 4.78 is 12.8. The fraction of sp³-hybridized carbons (Fsp3) is 0.455. The molecule has 0 amide bonds. The quantitative estimate of drug-likeness (QED) is 0.239. The SMILES string of the molecule is CCOC(=O)c1cc(-c2ccc(N(C)C3CCOCC3)nc2)c2c(C(C)C)nn(-c3cccc(N4CCCC4)c3)c2n1. The Morgan fingerprint density at radius 2 is 1.86 bits per heavy atom. The van der Waals surface area contributed by atoms with Gasteiger partial charge in [0.25, 0.3) is 0 Å². The van der Waals surface area contributed by atoms with Crippen LogP contribution in [0.25, 0.3) is 27.8 Å². The molecule has 4 aromatic rings. The third-order valence-corrected chi connectivity index (χ3v) is 8.40. The molecule has 0 atom stereocenters. The van der Waals surface area contributed by atoms with Crippen molar-refractivity contribution in [3.8, 4) is 16.8 Å². The van der Waals surface area contributed by atoms with Crippen LogP contribution in [0.2, 0.25) is 0 Å². The first kappa shape index (κ1) is 28.2. The Balaban J connectivity index is 1.48. The lowest BCUT2D eigenvalue weighted by molar-refractivity contribution is 0.0520. The summed E-state index contributed by atoms with van der Waals surface area (Å²) in [7, 11) is 2.10. The second kappa shape index (κ2) is 12.1. The first-order valence-electron chi connectivity index (χ1n) is 15.2. The zero-order valence-electron chi connectivity index (χ0n) is 25.0. The lowest BCUT2D eigenvalue weighted by Crippen LogP contribution is -2.37. The first-order chi connectivity index (χ1) is 20.4. The molecular weight excluding hydrogens is 528 g/mol. The maximum atomic E-state index is 13.1. The van der Waals surface area contributed by atoms with E-state index in [2.05, 4.69) is 67.1 Å². The van der Waals surface area contributed by atoms with E-state index < -0.39 is 5.97 Å². The Morgan fingerprint density at radius 3 is 2.55 bits per heavy atom. The van der Waals surface area contributed by atoms with E-state index >= 15 is 0 Å². The van der Waals surface area contributed by atoms with Crippen LogP contribution in [0.4, 0.5) is 11.5 Å². The number of ether oxygens (including phenoxy) is 2. The Hall–Kier alpha value is -3.98. The summed E-state index contributed by atoms with van der Waals surface area (Å²) in [5, 5.41) is 6.04. The molecular formula is C33H40N6O3. The van der Waals surface area contributed by atoms with Gasteiger partial charge in [-0.05, 0) is 80.5 Å². The molecule has 1 aromatic carbocycles. The summed E-state index contributed by atoms with van der Waals surface area (Å²) in [6.45, 7) is 10.0. The van der Waals surface area contributed by atoms with E-state index in [4.69, 9.17) is 24.5 Å². The molecule has 0 bridgehead atoms. The number of pyridine rings is 2. The lowest BCUT2D eigenvalue weighted by atomic mass is 9.98. The molecule has 6 rings (SSSR count). The predicted octanol–water partition coefficient (Wildman–Crippen LogP) is 6.00. The average molecular weight is 569 g/mol. The largest absolute Gasteiger partial charge is 0.461 e. The molecule has 0 saturated carbocycles. The summed E-state index contributed by atoms with van der Waals surface area (Å²) in [4.78, 5) is 27.4. The molecule has 0 N–H and O–H groups in total. The lowest BCUT2D eigenvalue weighted by Gasteiger charge is -2.32. The van der Waals surface area contributed by atoms with Crippen molar-refractivity contribution < 1.29 is 14.3 Å². The zero-order valence-corrected chi connectivity index (χ0v) is 25.0. The molecule has 42 heavy (non-hydrogen) atoms. The van der Waals surface area contributed by atoms with Gasteiger partial charge in [0.05, 0.1) is 23.4 Å². The maximum absolute atomic E-state index is 13.1. The molecule has 2 aliphatic rings. The van der Waals surface area contributed by atoms with Gasteiger partial charge in [-0.25, -0.2) is 19.4 Å². The number of hydrogen-bond donors (Lipinski definition) is 0. The number of aromatic nitrogens is 4. The van der Waals surface area contributed by atoms with Crippen LogP contribution < -0.4 is 9.80 Å². The Labute approximate surface area is 247 Å². The summed E-state index contributed by atoms with van der Waals surface area (Å²) >= 11 is 0. The highest BCUT2D eigenvalue weighted by molar-refractivity contribution is 6.00. The van der Waals surface area contributed by atoms with Gasteiger partial charge in [-0.15, -0.1) is 0 Å². The fourth-order valence-electron chi connectivity index (χ4n) is 6.07. The zero-order chi connectivity index (χ0) is 29.2. The summed E-state index contributed by atoms with van der Waals surface area (Å²) in [6, 6.07) is 14.8. The van der Waals surface area contributed by atoms with E-state index in [0.717, 1.165) is 72.9 Å². The summed E-state index contributed by atoms with van der Waals surface area (Å²) in [5.74, 6) is 0.602. The Kier molecular flexibility index (Phi) is 8.11.